The van der Waals surface area contributed by atoms with E-state index in [9.17, 15) is 18.4 Å². The van der Waals surface area contributed by atoms with E-state index >= 15 is 0 Å². The first-order chi connectivity index (χ1) is 20.2. The summed E-state index contributed by atoms with van der Waals surface area (Å²) in [5, 5.41) is -0.289. The smallest absolute Gasteiger partial charge is 0.327 e. The lowest BCUT2D eigenvalue weighted by atomic mass is 9.98. The van der Waals surface area contributed by atoms with Crippen LogP contribution in [0.1, 0.15) is 27.5 Å². The molecule has 6 nitrogen and oxygen atoms in total. The highest BCUT2D eigenvalue weighted by molar-refractivity contribution is 7.81. The van der Waals surface area contributed by atoms with Crippen LogP contribution in [0.2, 0.25) is 0 Å². The summed E-state index contributed by atoms with van der Waals surface area (Å²) in [4.78, 5) is 30.2. The van der Waals surface area contributed by atoms with Crippen LogP contribution in [0.15, 0.2) is 103 Å². The molecule has 1 unspecified atom stereocenters. The molecule has 1 N–H and O–H groups in total. The van der Waals surface area contributed by atoms with E-state index in [-0.39, 0.29) is 17.4 Å². The van der Waals surface area contributed by atoms with Crippen LogP contribution in [0.5, 0.6) is 0 Å². The average molecular weight is 588 g/mol. The molecule has 1 atom stereocenters. The maximum absolute atomic E-state index is 13.5. The van der Waals surface area contributed by atoms with Gasteiger partial charge in [0, 0.05) is 48.7 Å². The molecule has 0 spiro atoms. The van der Waals surface area contributed by atoms with Crippen LogP contribution in [0.25, 0.3) is 11.1 Å². The summed E-state index contributed by atoms with van der Waals surface area (Å²) in [6, 6.07) is 29.6. The van der Waals surface area contributed by atoms with Gasteiger partial charge < -0.3 is 15.0 Å². The average Bonchev–Trinajstić information content (AvgIpc) is 3.02. The molecule has 1 heterocycles. The summed E-state index contributed by atoms with van der Waals surface area (Å²) >= 11 is 3.33. The summed E-state index contributed by atoms with van der Waals surface area (Å²) in [5.74, 6) is -0.571. The van der Waals surface area contributed by atoms with Crippen LogP contribution >= 0.6 is 12.6 Å². The van der Waals surface area contributed by atoms with E-state index in [1.165, 1.54) is 19.2 Å². The van der Waals surface area contributed by atoms with Gasteiger partial charge in [-0.05, 0) is 47.0 Å². The Kier molecular flexibility index (Phi) is 8.89. The normalized spacial score (nSPS) is 14.7. The van der Waals surface area contributed by atoms with Gasteiger partial charge in [-0.25, -0.2) is 4.79 Å². The number of hydrogen-bond donors (Lipinski definition) is 2. The van der Waals surface area contributed by atoms with Gasteiger partial charge in [0.1, 0.15) is 6.04 Å². The summed E-state index contributed by atoms with van der Waals surface area (Å²) in [6.07, 6.45) is 0. The molecular weight excluding hydrogens is 556 g/mol. The largest absolute Gasteiger partial charge is 0.468 e. The number of hydrogen-bond acceptors (Lipinski definition) is 6. The molecule has 1 amide bonds. The van der Waals surface area contributed by atoms with E-state index < -0.39 is 11.3 Å². The molecule has 0 bridgehead atoms. The molecule has 1 saturated heterocycles. The molecule has 4 aromatic carbocycles. The molecule has 0 radical (unpaired) electrons. The fourth-order valence-electron chi connectivity index (χ4n) is 5.22. The van der Waals surface area contributed by atoms with Gasteiger partial charge in [0.05, 0.1) is 7.11 Å². The van der Waals surface area contributed by atoms with Crippen molar-refractivity contribution >= 4 is 35.9 Å². The highest BCUT2D eigenvalue weighted by Crippen LogP contribution is 2.34. The van der Waals surface area contributed by atoms with E-state index in [0.717, 1.165) is 24.3 Å². The molecule has 0 aromatic heterocycles. The second kappa shape index (κ2) is 12.8. The zero-order chi connectivity index (χ0) is 29.7. The minimum atomic E-state index is -3.23. The number of esters is 1. The van der Waals surface area contributed by atoms with Gasteiger partial charge in [-0.1, -0.05) is 72.8 Å². The minimum Gasteiger partial charge on any atom is -0.468 e. The summed E-state index contributed by atoms with van der Waals surface area (Å²) in [7, 11) is 1.41. The first kappa shape index (κ1) is 29.3. The van der Waals surface area contributed by atoms with Crippen molar-refractivity contribution in [3.05, 3.63) is 120 Å². The number of rotatable bonds is 8. The molecule has 42 heavy (non-hydrogen) atoms. The Morgan fingerprint density at radius 3 is 2.07 bits per heavy atom. The highest BCUT2D eigenvalue weighted by Gasteiger charge is 2.31. The van der Waals surface area contributed by atoms with Crippen molar-refractivity contribution < 1.29 is 23.1 Å². The first-order valence-electron chi connectivity index (χ1n) is 13.6. The molecule has 0 aliphatic carbocycles. The third-order valence-corrected chi connectivity index (χ3v) is 7.68. The maximum Gasteiger partial charge on any atom is 0.327 e. The predicted octanol–water partition coefficient (Wildman–Crippen LogP) is 6.62. The lowest BCUT2D eigenvalue weighted by Gasteiger charge is -2.39. The van der Waals surface area contributed by atoms with Crippen molar-refractivity contribution in [2.45, 2.75) is 11.3 Å². The van der Waals surface area contributed by atoms with E-state index in [1.54, 1.807) is 36.4 Å². The molecule has 1 aliphatic heterocycles. The number of thiol groups is 1. The zero-order valence-corrected chi connectivity index (χ0v) is 23.9. The van der Waals surface area contributed by atoms with Gasteiger partial charge in [0.15, 0.2) is 0 Å². The van der Waals surface area contributed by atoms with Crippen LogP contribution in [0.3, 0.4) is 0 Å². The third-order valence-electron chi connectivity index (χ3n) is 7.42. The van der Waals surface area contributed by atoms with Crippen molar-refractivity contribution in [1.29, 1.82) is 0 Å². The standard InChI is InChI=1S/C33H31F2N3O3S/c1-41-32(40)30(24-7-3-2-4-8-24)38-21-19-37(20-22-38)27-17-15-26(16-18-27)36-31(39)29-10-6-5-9-28(29)23-11-13-25(14-12-23)33(34,35)42/h2-18,30,42H,19-22H2,1H3,(H,36,39). The predicted molar refractivity (Wildman–Crippen MR) is 164 cm³/mol. The molecule has 0 saturated carbocycles. The third kappa shape index (κ3) is 6.64. The van der Waals surface area contributed by atoms with Gasteiger partial charge in [0.25, 0.3) is 5.91 Å². The fraction of sp³-hybridized carbons (Fsp3) is 0.212. The summed E-state index contributed by atoms with van der Waals surface area (Å²) < 4.78 is 32.1. The molecule has 216 valence electrons. The second-order valence-corrected chi connectivity index (χ2v) is 10.6. The van der Waals surface area contributed by atoms with E-state index in [0.29, 0.717) is 35.5 Å². The quantitative estimate of drug-likeness (QED) is 0.179. The van der Waals surface area contributed by atoms with Gasteiger partial charge >= 0.3 is 11.2 Å². The summed E-state index contributed by atoms with van der Waals surface area (Å²) in [5.41, 5.74) is 4.08. The molecular formula is C33H31F2N3O3S. The van der Waals surface area contributed by atoms with Gasteiger partial charge in [-0.2, -0.15) is 8.78 Å². The van der Waals surface area contributed by atoms with E-state index in [1.807, 2.05) is 54.6 Å². The van der Waals surface area contributed by atoms with Crippen molar-refractivity contribution in [3.63, 3.8) is 0 Å². The van der Waals surface area contributed by atoms with Gasteiger partial charge in [0.2, 0.25) is 0 Å². The van der Waals surface area contributed by atoms with Crippen molar-refractivity contribution in [3.8, 4) is 11.1 Å². The highest BCUT2D eigenvalue weighted by atomic mass is 32.1. The topological polar surface area (TPSA) is 61.9 Å². The van der Waals surface area contributed by atoms with Gasteiger partial charge in [-0.15, -0.1) is 12.6 Å². The number of alkyl halides is 2. The van der Waals surface area contributed by atoms with E-state index in [4.69, 9.17) is 4.74 Å². The van der Waals surface area contributed by atoms with Crippen LogP contribution in [0.4, 0.5) is 20.2 Å². The molecule has 9 heteroatoms. The van der Waals surface area contributed by atoms with E-state index in [2.05, 4.69) is 27.7 Å². The Hall–Kier alpha value is -4.21. The number of benzene rings is 4. The molecule has 5 rings (SSSR count). The van der Waals surface area contributed by atoms with Crippen molar-refractivity contribution in [2.75, 3.05) is 43.5 Å². The van der Waals surface area contributed by atoms with Crippen LogP contribution in [-0.4, -0.2) is 50.1 Å². The second-order valence-electron chi connectivity index (χ2n) is 10.0. The number of halogens is 2. The lowest BCUT2D eigenvalue weighted by Crippen LogP contribution is -2.49. The first-order valence-corrected chi connectivity index (χ1v) is 14.0. The minimum absolute atomic E-state index is 0.211. The molecule has 4 aromatic rings. The Morgan fingerprint density at radius 1 is 0.833 bits per heavy atom. The Bertz CT molecular complexity index is 1520. The van der Waals surface area contributed by atoms with Crippen LogP contribution < -0.4 is 10.2 Å². The number of methoxy groups -OCH3 is 1. The number of carbonyl (C=O) groups is 2. The van der Waals surface area contributed by atoms with Crippen molar-refractivity contribution in [2.24, 2.45) is 0 Å². The Labute approximate surface area is 249 Å². The molecule has 1 aliphatic rings. The lowest BCUT2D eigenvalue weighted by molar-refractivity contribution is -0.147. The monoisotopic (exact) mass is 587 g/mol. The number of ether oxygens (including phenoxy) is 1. The molecule has 1 fully saturated rings. The number of nitrogens with one attached hydrogen (secondary N) is 1. The number of nitrogens with zero attached hydrogens (tertiary/aromatic N) is 2. The summed E-state index contributed by atoms with van der Waals surface area (Å²) in [6.45, 7) is 2.85. The Balaban J connectivity index is 1.23. The van der Waals surface area contributed by atoms with Crippen LogP contribution in [-0.2, 0) is 14.8 Å². The number of amides is 1. The zero-order valence-electron chi connectivity index (χ0n) is 23.0. The SMILES string of the molecule is COC(=O)C(c1ccccc1)N1CCN(c2ccc(NC(=O)c3ccccc3-c3ccc(C(F)(F)S)cc3)cc2)CC1. The number of carbonyl (C=O) groups excluding carboxylic acids is 2. The Morgan fingerprint density at radius 2 is 1.45 bits per heavy atom. The maximum atomic E-state index is 13.5. The van der Waals surface area contributed by atoms with Crippen molar-refractivity contribution in [1.82, 2.24) is 4.90 Å². The van der Waals surface area contributed by atoms with Gasteiger partial charge in [-0.3, -0.25) is 9.69 Å². The number of piperazine rings is 1. The fourth-order valence-corrected chi connectivity index (χ4v) is 5.37. The van der Waals surface area contributed by atoms with Crippen LogP contribution in [0, 0.1) is 0 Å². The number of anilines is 2.